The molecule has 1 unspecified atom stereocenters. The smallest absolute Gasteiger partial charge is 0.294 e. The third kappa shape index (κ3) is 4.39. The molecule has 0 N–H and O–H groups in total. The van der Waals surface area contributed by atoms with Gasteiger partial charge in [-0.05, 0) is 87.9 Å². The summed E-state index contributed by atoms with van der Waals surface area (Å²) in [6, 6.07) is 10.5. The van der Waals surface area contributed by atoms with Gasteiger partial charge in [0.05, 0.1) is 11.9 Å². The van der Waals surface area contributed by atoms with Gasteiger partial charge in [-0.2, -0.15) is 0 Å². The van der Waals surface area contributed by atoms with Crippen LogP contribution in [-0.4, -0.2) is 57.3 Å². The van der Waals surface area contributed by atoms with Crippen molar-refractivity contribution in [2.45, 2.75) is 63.6 Å². The van der Waals surface area contributed by atoms with E-state index in [1.54, 1.807) is 32.8 Å². The Labute approximate surface area is 217 Å². The molecule has 2 bridgehead atoms. The SMILES string of the molecule is Cc1cc(-c2ccn(C)c(=O)c2)c(F)cc1-c1ccc(N(C)C2C[C@]3(C)CC[C@](C)(C2)N3[B]C=O)nn1. The maximum absolute atomic E-state index is 15.1. The number of hydrogen-bond donors (Lipinski definition) is 0. The fourth-order valence-electron chi connectivity index (χ4n) is 6.35. The quantitative estimate of drug-likeness (QED) is 0.377. The number of piperidine rings is 1. The zero-order valence-electron chi connectivity index (χ0n) is 22.0. The summed E-state index contributed by atoms with van der Waals surface area (Å²) in [4.78, 5) is 27.7. The van der Waals surface area contributed by atoms with Crippen LogP contribution < -0.4 is 10.5 Å². The van der Waals surface area contributed by atoms with E-state index < -0.39 is 5.82 Å². The van der Waals surface area contributed by atoms with Crippen LogP contribution in [0, 0.1) is 12.7 Å². The highest BCUT2D eigenvalue weighted by atomic mass is 19.1. The predicted molar refractivity (Wildman–Crippen MR) is 145 cm³/mol. The first-order valence-corrected chi connectivity index (χ1v) is 12.7. The van der Waals surface area contributed by atoms with Crippen LogP contribution in [-0.2, 0) is 11.8 Å². The number of carbonyl (C=O) groups is 1. The van der Waals surface area contributed by atoms with Gasteiger partial charge in [0, 0.05) is 54.6 Å². The van der Waals surface area contributed by atoms with Crippen molar-refractivity contribution in [1.82, 2.24) is 19.6 Å². The molecule has 2 aliphatic rings. The highest BCUT2D eigenvalue weighted by Gasteiger charge is 2.55. The van der Waals surface area contributed by atoms with Crippen molar-refractivity contribution in [3.63, 3.8) is 0 Å². The van der Waals surface area contributed by atoms with Gasteiger partial charge in [-0.3, -0.25) is 4.79 Å². The average molecular weight is 500 g/mol. The second-order valence-electron chi connectivity index (χ2n) is 11.1. The molecule has 0 spiro atoms. The summed E-state index contributed by atoms with van der Waals surface area (Å²) in [5.41, 5.74) is 2.75. The zero-order chi connectivity index (χ0) is 26.5. The van der Waals surface area contributed by atoms with Gasteiger partial charge in [0.1, 0.15) is 5.82 Å². The van der Waals surface area contributed by atoms with Crippen LogP contribution in [0.3, 0.4) is 0 Å². The van der Waals surface area contributed by atoms with Gasteiger partial charge in [0.25, 0.3) is 13.0 Å². The molecule has 2 fully saturated rings. The molecule has 191 valence electrons. The van der Waals surface area contributed by atoms with E-state index >= 15 is 4.39 Å². The van der Waals surface area contributed by atoms with E-state index in [0.29, 0.717) is 22.4 Å². The number of rotatable bonds is 6. The van der Waals surface area contributed by atoms with Crippen LogP contribution in [0.4, 0.5) is 10.2 Å². The summed E-state index contributed by atoms with van der Waals surface area (Å²) in [5, 5.41) is 8.96. The minimum absolute atomic E-state index is 0.0560. The fraction of sp³-hybridized carbons (Fsp3) is 0.429. The van der Waals surface area contributed by atoms with E-state index in [1.165, 1.54) is 16.7 Å². The Kier molecular flexibility index (Phi) is 6.30. The van der Waals surface area contributed by atoms with Gasteiger partial charge in [-0.1, -0.05) is 0 Å². The summed E-state index contributed by atoms with van der Waals surface area (Å²) in [7, 11) is 5.42. The topological polar surface area (TPSA) is 71.3 Å². The minimum Gasteiger partial charge on any atom is -0.355 e. The standard InChI is InChI=1S/C28H32BFN5O2/c1-18-12-22(19-8-11-33(4)26(37)13-19)23(30)14-21(18)24-6-7-25(32-31-24)34(5)20-15-27(2)9-10-28(3,16-20)35(27)29-17-36/h6-8,11-14,17,20H,9-10,15-16H2,1-5H3/t20?,27-,28+. The van der Waals surface area contributed by atoms with Crippen molar-refractivity contribution in [1.29, 1.82) is 0 Å². The molecular weight excluding hydrogens is 468 g/mol. The first kappa shape index (κ1) is 25.3. The molecule has 5 rings (SSSR count). The lowest BCUT2D eigenvalue weighted by atomic mass is 9.73. The number of hydrogen-bond acceptors (Lipinski definition) is 6. The van der Waals surface area contributed by atoms with Crippen molar-refractivity contribution in [3.8, 4) is 22.4 Å². The van der Waals surface area contributed by atoms with E-state index in [4.69, 9.17) is 0 Å². The maximum Gasteiger partial charge on any atom is 0.294 e. The minimum atomic E-state index is -0.410. The van der Waals surface area contributed by atoms with Gasteiger partial charge >= 0.3 is 0 Å². The Morgan fingerprint density at radius 1 is 1.08 bits per heavy atom. The molecule has 4 heterocycles. The number of halogens is 1. The molecule has 1 radical (unpaired) electrons. The lowest BCUT2D eigenvalue weighted by Crippen LogP contribution is -2.62. The normalized spacial score (nSPS) is 25.2. The van der Waals surface area contributed by atoms with Gasteiger partial charge < -0.3 is 19.1 Å². The molecule has 37 heavy (non-hydrogen) atoms. The van der Waals surface area contributed by atoms with Gasteiger partial charge in [0.15, 0.2) is 5.82 Å². The number of aryl methyl sites for hydroxylation is 2. The van der Waals surface area contributed by atoms with Gasteiger partial charge in [-0.15, -0.1) is 10.2 Å². The Balaban J connectivity index is 1.38. The Bertz CT molecular complexity index is 1390. The van der Waals surface area contributed by atoms with E-state index in [1.807, 2.05) is 26.1 Å². The number of aromatic nitrogens is 3. The average Bonchev–Trinajstić information content (AvgIpc) is 3.02. The lowest BCUT2D eigenvalue weighted by Gasteiger charge is -2.52. The van der Waals surface area contributed by atoms with Crippen LogP contribution in [0.1, 0.15) is 45.1 Å². The number of benzene rings is 1. The van der Waals surface area contributed by atoms with E-state index in [0.717, 1.165) is 43.3 Å². The maximum atomic E-state index is 15.1. The van der Waals surface area contributed by atoms with Crippen LogP contribution in [0.5, 0.6) is 0 Å². The second kappa shape index (κ2) is 9.21. The first-order valence-electron chi connectivity index (χ1n) is 12.7. The molecule has 2 aromatic heterocycles. The molecule has 0 amide bonds. The van der Waals surface area contributed by atoms with Crippen molar-refractivity contribution in [3.05, 3.63) is 64.3 Å². The third-order valence-corrected chi connectivity index (χ3v) is 8.49. The van der Waals surface area contributed by atoms with Crippen LogP contribution in [0.25, 0.3) is 22.4 Å². The van der Waals surface area contributed by atoms with E-state index in [9.17, 15) is 9.59 Å². The van der Waals surface area contributed by atoms with Crippen molar-refractivity contribution >= 4 is 19.4 Å². The first-order chi connectivity index (χ1) is 17.5. The molecule has 1 aromatic carbocycles. The van der Waals surface area contributed by atoms with Crippen LogP contribution >= 0.6 is 0 Å². The van der Waals surface area contributed by atoms with Crippen molar-refractivity contribution < 1.29 is 9.18 Å². The van der Waals surface area contributed by atoms with Crippen molar-refractivity contribution in [2.24, 2.45) is 7.05 Å². The molecule has 2 aliphatic heterocycles. The molecule has 0 aliphatic carbocycles. The summed E-state index contributed by atoms with van der Waals surface area (Å²) in [5.74, 6) is 0.357. The van der Waals surface area contributed by atoms with Crippen molar-refractivity contribution in [2.75, 3.05) is 11.9 Å². The number of nitrogens with zero attached hydrogens (tertiary/aromatic N) is 5. The predicted octanol–water partition coefficient (Wildman–Crippen LogP) is 3.98. The summed E-state index contributed by atoms with van der Waals surface area (Å²) < 4.78 is 16.6. The lowest BCUT2D eigenvalue weighted by molar-refractivity contribution is 0.0851. The summed E-state index contributed by atoms with van der Waals surface area (Å²) in [6.45, 7) is 6.38. The third-order valence-electron chi connectivity index (χ3n) is 8.49. The van der Waals surface area contributed by atoms with Crippen LogP contribution in [0.15, 0.2) is 47.4 Å². The van der Waals surface area contributed by atoms with Gasteiger partial charge in [0.2, 0.25) is 0 Å². The molecule has 0 saturated carbocycles. The molecule has 3 atom stereocenters. The highest BCUT2D eigenvalue weighted by molar-refractivity contribution is 6.64. The number of carbonyl (C=O) groups excluding carboxylic acids is 1. The molecule has 3 aromatic rings. The Morgan fingerprint density at radius 3 is 2.38 bits per heavy atom. The fourth-order valence-corrected chi connectivity index (χ4v) is 6.35. The van der Waals surface area contributed by atoms with Gasteiger partial charge in [-0.25, -0.2) is 4.39 Å². The molecule has 7 nitrogen and oxygen atoms in total. The Morgan fingerprint density at radius 2 is 1.78 bits per heavy atom. The molecular formula is C28H32BFN5O2. The molecule has 9 heteroatoms. The number of pyridine rings is 1. The van der Waals surface area contributed by atoms with E-state index in [-0.39, 0.29) is 22.7 Å². The summed E-state index contributed by atoms with van der Waals surface area (Å²) in [6.07, 6.45) is 6.51. The summed E-state index contributed by atoms with van der Waals surface area (Å²) >= 11 is 0. The monoisotopic (exact) mass is 500 g/mol. The van der Waals surface area contributed by atoms with E-state index in [2.05, 4.69) is 33.8 Å². The largest absolute Gasteiger partial charge is 0.355 e. The number of anilines is 1. The van der Waals surface area contributed by atoms with Crippen LogP contribution in [0.2, 0.25) is 0 Å². The number of fused-ring (bicyclic) bond motifs is 2. The Hall–Kier alpha value is -3.33. The molecule has 2 saturated heterocycles. The second-order valence-corrected chi connectivity index (χ2v) is 11.1. The zero-order valence-corrected chi connectivity index (χ0v) is 22.0. The highest BCUT2D eigenvalue weighted by Crippen LogP contribution is 2.50.